The molecule has 19 heavy (non-hydrogen) atoms. The number of hydrogen-bond acceptors (Lipinski definition) is 4. The molecule has 1 N–H and O–H groups in total. The quantitative estimate of drug-likeness (QED) is 0.725. The Morgan fingerprint density at radius 1 is 1.47 bits per heavy atom. The summed E-state index contributed by atoms with van der Waals surface area (Å²) in [5, 5.41) is 9.39. The summed E-state index contributed by atoms with van der Waals surface area (Å²) in [5.74, 6) is -3.36. The van der Waals surface area contributed by atoms with Crippen LogP contribution >= 0.6 is 0 Å². The lowest BCUT2D eigenvalue weighted by Crippen LogP contribution is -2.48. The van der Waals surface area contributed by atoms with Gasteiger partial charge in [-0.15, -0.1) is 0 Å². The lowest BCUT2D eigenvalue weighted by atomic mass is 9.85. The molecule has 1 saturated heterocycles. The van der Waals surface area contributed by atoms with Gasteiger partial charge in [-0.1, -0.05) is 13.8 Å². The molecule has 0 aromatic rings. The van der Waals surface area contributed by atoms with Gasteiger partial charge in [0.05, 0.1) is 18.9 Å². The molecule has 0 aromatic carbocycles. The van der Waals surface area contributed by atoms with Crippen molar-refractivity contribution in [3.8, 4) is 0 Å². The normalized spacial score (nSPS) is 19.9. The zero-order chi connectivity index (χ0) is 14.6. The molecule has 3 atom stereocenters. The highest BCUT2D eigenvalue weighted by molar-refractivity contribution is 5.83. The third-order valence-corrected chi connectivity index (χ3v) is 3.74. The molecule has 6 nitrogen and oxygen atoms in total. The Hall–Kier alpha value is -1.59. The lowest BCUT2D eigenvalue weighted by molar-refractivity contribution is -0.159. The smallest absolute Gasteiger partial charge is 0.309 e. The molecule has 1 aliphatic heterocycles. The van der Waals surface area contributed by atoms with Gasteiger partial charge in [-0.25, -0.2) is 0 Å². The average molecular weight is 271 g/mol. The number of carboxylic acids is 1. The monoisotopic (exact) mass is 271 g/mol. The zero-order valence-electron chi connectivity index (χ0n) is 11.6. The summed E-state index contributed by atoms with van der Waals surface area (Å²) in [6.07, 6.45) is 1.70. The molecule has 1 heterocycles. The number of methoxy groups -OCH3 is 1. The highest BCUT2D eigenvalue weighted by Crippen LogP contribution is 2.27. The van der Waals surface area contributed by atoms with E-state index in [1.807, 2.05) is 6.92 Å². The van der Waals surface area contributed by atoms with Gasteiger partial charge in [0, 0.05) is 19.0 Å². The molecule has 0 bridgehead atoms. The van der Waals surface area contributed by atoms with Gasteiger partial charge in [-0.2, -0.15) is 0 Å². The molecule has 3 unspecified atom stereocenters. The van der Waals surface area contributed by atoms with Crippen molar-refractivity contribution in [3.05, 3.63) is 0 Å². The summed E-state index contributed by atoms with van der Waals surface area (Å²) < 4.78 is 4.62. The van der Waals surface area contributed by atoms with Gasteiger partial charge in [-0.3, -0.25) is 14.4 Å². The summed E-state index contributed by atoms with van der Waals surface area (Å²) in [7, 11) is 1.24. The molecule has 1 rings (SSSR count). The van der Waals surface area contributed by atoms with Crippen LogP contribution in [0.2, 0.25) is 0 Å². The van der Waals surface area contributed by atoms with E-state index in [9.17, 15) is 19.5 Å². The van der Waals surface area contributed by atoms with Gasteiger partial charge < -0.3 is 14.7 Å². The molecule has 0 spiro atoms. The van der Waals surface area contributed by atoms with Crippen molar-refractivity contribution in [2.24, 2.45) is 11.8 Å². The number of rotatable bonds is 6. The molecule has 0 saturated carbocycles. The third kappa shape index (κ3) is 3.24. The van der Waals surface area contributed by atoms with Crippen LogP contribution in [-0.4, -0.2) is 47.5 Å². The predicted molar refractivity (Wildman–Crippen MR) is 67.3 cm³/mol. The predicted octanol–water partition coefficient (Wildman–Crippen LogP) is 0.897. The first-order chi connectivity index (χ1) is 8.93. The van der Waals surface area contributed by atoms with Crippen LogP contribution in [0.4, 0.5) is 0 Å². The van der Waals surface area contributed by atoms with Crippen LogP contribution in [-0.2, 0) is 19.1 Å². The van der Waals surface area contributed by atoms with E-state index in [-0.39, 0.29) is 5.91 Å². The second-order valence-corrected chi connectivity index (χ2v) is 4.84. The Balaban J connectivity index is 2.98. The number of carbonyl (C=O) groups excluding carboxylic acids is 2. The third-order valence-electron chi connectivity index (χ3n) is 3.74. The Bertz CT molecular complexity index is 368. The number of hydrogen-bond donors (Lipinski definition) is 1. The summed E-state index contributed by atoms with van der Waals surface area (Å²) in [6.45, 7) is 3.93. The van der Waals surface area contributed by atoms with Crippen LogP contribution in [0.5, 0.6) is 0 Å². The maximum Gasteiger partial charge on any atom is 0.309 e. The number of nitrogens with zero attached hydrogens (tertiary/aromatic N) is 1. The number of esters is 1. The van der Waals surface area contributed by atoms with Gasteiger partial charge in [0.25, 0.3) is 0 Å². The standard InChI is InChI=1S/C13H21NO5/c1-4-9(14-7-5-6-10(14)15)11(12(16)17)8(2)13(18)19-3/h8-9,11H,4-7H2,1-3H3,(H,16,17). The van der Waals surface area contributed by atoms with Gasteiger partial charge in [-0.05, 0) is 12.8 Å². The van der Waals surface area contributed by atoms with Crippen molar-refractivity contribution in [3.63, 3.8) is 0 Å². The maximum absolute atomic E-state index is 11.8. The fourth-order valence-electron chi connectivity index (χ4n) is 2.73. The van der Waals surface area contributed by atoms with Crippen molar-refractivity contribution in [1.82, 2.24) is 4.90 Å². The fourth-order valence-corrected chi connectivity index (χ4v) is 2.73. The van der Waals surface area contributed by atoms with E-state index in [4.69, 9.17) is 0 Å². The van der Waals surface area contributed by atoms with Crippen molar-refractivity contribution in [1.29, 1.82) is 0 Å². The molecule has 6 heteroatoms. The van der Waals surface area contributed by atoms with Crippen molar-refractivity contribution in [2.75, 3.05) is 13.7 Å². The minimum atomic E-state index is -1.07. The minimum Gasteiger partial charge on any atom is -0.481 e. The molecule has 0 aromatic heterocycles. The zero-order valence-corrected chi connectivity index (χ0v) is 11.6. The highest BCUT2D eigenvalue weighted by Gasteiger charge is 2.41. The highest BCUT2D eigenvalue weighted by atomic mass is 16.5. The summed E-state index contributed by atoms with van der Waals surface area (Å²) >= 11 is 0. The van der Waals surface area contributed by atoms with Gasteiger partial charge in [0.1, 0.15) is 0 Å². The molecule has 1 amide bonds. The van der Waals surface area contributed by atoms with Crippen LogP contribution in [0.1, 0.15) is 33.1 Å². The Labute approximate surface area is 112 Å². The van der Waals surface area contributed by atoms with E-state index >= 15 is 0 Å². The topological polar surface area (TPSA) is 83.9 Å². The fraction of sp³-hybridized carbons (Fsp3) is 0.769. The SMILES string of the molecule is CCC(C(C(=O)O)C(C)C(=O)OC)N1CCCC1=O. The first-order valence-corrected chi connectivity index (χ1v) is 6.54. The number of amides is 1. The molecular formula is C13H21NO5. The van der Waals surface area contributed by atoms with Crippen molar-refractivity contribution < 1.29 is 24.2 Å². The first-order valence-electron chi connectivity index (χ1n) is 6.54. The molecule has 1 fully saturated rings. The number of aliphatic carboxylic acids is 1. The largest absolute Gasteiger partial charge is 0.481 e. The van der Waals surface area contributed by atoms with Crippen LogP contribution in [0, 0.1) is 11.8 Å². The summed E-state index contributed by atoms with van der Waals surface area (Å²) in [6, 6.07) is -0.457. The first kappa shape index (κ1) is 15.5. The lowest BCUT2D eigenvalue weighted by Gasteiger charge is -2.33. The van der Waals surface area contributed by atoms with Crippen LogP contribution in [0.15, 0.2) is 0 Å². The Morgan fingerprint density at radius 2 is 2.11 bits per heavy atom. The maximum atomic E-state index is 11.8. The minimum absolute atomic E-state index is 0.0323. The second kappa shape index (κ2) is 6.54. The van der Waals surface area contributed by atoms with E-state index in [0.717, 1.165) is 6.42 Å². The van der Waals surface area contributed by atoms with E-state index in [1.54, 1.807) is 4.90 Å². The molecule has 0 aliphatic carbocycles. The average Bonchev–Trinajstić information content (AvgIpc) is 2.79. The molecule has 0 radical (unpaired) electrons. The van der Waals surface area contributed by atoms with Crippen molar-refractivity contribution in [2.45, 2.75) is 39.2 Å². The van der Waals surface area contributed by atoms with Gasteiger partial charge in [0.15, 0.2) is 0 Å². The van der Waals surface area contributed by atoms with Crippen molar-refractivity contribution >= 4 is 17.8 Å². The second-order valence-electron chi connectivity index (χ2n) is 4.84. The van der Waals surface area contributed by atoms with E-state index < -0.39 is 29.8 Å². The van der Waals surface area contributed by atoms with E-state index in [0.29, 0.717) is 19.4 Å². The molecule has 108 valence electrons. The van der Waals surface area contributed by atoms with E-state index in [1.165, 1.54) is 14.0 Å². The Morgan fingerprint density at radius 3 is 2.47 bits per heavy atom. The summed E-state index contributed by atoms with van der Waals surface area (Å²) in [4.78, 5) is 36.4. The van der Waals surface area contributed by atoms with Gasteiger partial charge >= 0.3 is 11.9 Å². The molecular weight excluding hydrogens is 250 g/mol. The number of ether oxygens (including phenoxy) is 1. The van der Waals surface area contributed by atoms with Crippen LogP contribution in [0.3, 0.4) is 0 Å². The molecule has 1 aliphatic rings. The number of likely N-dealkylation sites (tertiary alicyclic amines) is 1. The van der Waals surface area contributed by atoms with Crippen LogP contribution in [0.25, 0.3) is 0 Å². The summed E-state index contributed by atoms with van der Waals surface area (Å²) in [5.41, 5.74) is 0. The van der Waals surface area contributed by atoms with E-state index in [2.05, 4.69) is 4.74 Å². The number of carboxylic acid groups (broad SMARTS) is 1. The van der Waals surface area contributed by atoms with Crippen LogP contribution < -0.4 is 0 Å². The van der Waals surface area contributed by atoms with Gasteiger partial charge in [0.2, 0.25) is 5.91 Å². The number of carbonyl (C=O) groups is 3. The Kier molecular flexibility index (Phi) is 5.32.